The number of rotatable bonds is 5. The van der Waals surface area contributed by atoms with Crippen molar-refractivity contribution in [2.45, 2.75) is 18.5 Å². The summed E-state index contributed by atoms with van der Waals surface area (Å²) in [6.45, 7) is -0.294. The van der Waals surface area contributed by atoms with Crippen molar-refractivity contribution in [3.8, 4) is 5.75 Å². The van der Waals surface area contributed by atoms with Crippen LogP contribution in [-0.4, -0.2) is 48.2 Å². The molecule has 1 N–H and O–H groups in total. The van der Waals surface area contributed by atoms with Gasteiger partial charge in [0.2, 0.25) is 5.91 Å². The largest absolute Gasteiger partial charge is 0.439 e. The molecule has 0 saturated carbocycles. The summed E-state index contributed by atoms with van der Waals surface area (Å²) in [6, 6.07) is 3.25. The van der Waals surface area contributed by atoms with E-state index in [1.165, 1.54) is 0 Å². The van der Waals surface area contributed by atoms with Crippen molar-refractivity contribution in [2.75, 3.05) is 6.54 Å². The topological polar surface area (TPSA) is 71.0 Å². The number of amides is 3. The first-order chi connectivity index (χ1) is 11.5. The van der Waals surface area contributed by atoms with Gasteiger partial charge in [-0.1, -0.05) is 0 Å². The standard InChI is InChI=1S/C13H9F6N3O3/c14-10(12(15,16)17)13(18,19)25-8-3-1-7(2-4-8)5-20-22-6-9(23)21-11(22)24/h1-5,10H,6H2,(H,21,23,24)/b20-5-/t10-/m1/s1. The maximum Gasteiger partial charge on any atom is 0.439 e. The number of urea groups is 1. The number of benzene rings is 1. The smallest absolute Gasteiger partial charge is 0.430 e. The molecular weight excluding hydrogens is 360 g/mol. The van der Waals surface area contributed by atoms with Gasteiger partial charge in [0.1, 0.15) is 12.3 Å². The Morgan fingerprint density at radius 1 is 1.16 bits per heavy atom. The molecule has 0 aromatic heterocycles. The molecule has 0 bridgehead atoms. The van der Waals surface area contributed by atoms with Crippen molar-refractivity contribution >= 4 is 18.2 Å². The molecule has 2 rings (SSSR count). The molecule has 6 nitrogen and oxygen atoms in total. The van der Waals surface area contributed by atoms with Gasteiger partial charge in [0.25, 0.3) is 6.17 Å². The molecule has 1 saturated heterocycles. The summed E-state index contributed by atoms with van der Waals surface area (Å²) >= 11 is 0. The molecule has 1 aromatic rings. The molecule has 0 aliphatic carbocycles. The number of nitrogens with one attached hydrogen (secondary N) is 1. The van der Waals surface area contributed by atoms with E-state index in [1.54, 1.807) is 0 Å². The van der Waals surface area contributed by atoms with Gasteiger partial charge in [0.05, 0.1) is 6.21 Å². The first-order valence-electron chi connectivity index (χ1n) is 6.52. The van der Waals surface area contributed by atoms with E-state index in [4.69, 9.17) is 0 Å². The SMILES string of the molecule is O=C1CN(/N=C\c2ccc(OC(F)(F)[C@H](F)C(F)(F)F)cc2)C(=O)N1. The van der Waals surface area contributed by atoms with Crippen molar-refractivity contribution in [2.24, 2.45) is 5.10 Å². The Hall–Kier alpha value is -2.79. The minimum atomic E-state index is -5.77. The van der Waals surface area contributed by atoms with Crippen LogP contribution in [-0.2, 0) is 4.79 Å². The Morgan fingerprint density at radius 3 is 2.24 bits per heavy atom. The lowest BCUT2D eigenvalue weighted by atomic mass is 10.2. The van der Waals surface area contributed by atoms with Crippen molar-refractivity contribution in [1.82, 2.24) is 10.3 Å². The lowest BCUT2D eigenvalue weighted by Crippen LogP contribution is -2.45. The molecule has 25 heavy (non-hydrogen) atoms. The fourth-order valence-electron chi connectivity index (χ4n) is 1.68. The number of carbonyl (C=O) groups excluding carboxylic acids is 2. The highest BCUT2D eigenvalue weighted by Gasteiger charge is 2.59. The van der Waals surface area contributed by atoms with Gasteiger partial charge in [0, 0.05) is 0 Å². The van der Waals surface area contributed by atoms with E-state index >= 15 is 0 Å². The number of hydrogen-bond acceptors (Lipinski definition) is 4. The van der Waals surface area contributed by atoms with E-state index in [0.717, 1.165) is 35.5 Å². The Morgan fingerprint density at radius 2 is 1.76 bits per heavy atom. The van der Waals surface area contributed by atoms with Crippen LogP contribution in [0.2, 0.25) is 0 Å². The lowest BCUT2D eigenvalue weighted by molar-refractivity contribution is -0.304. The highest BCUT2D eigenvalue weighted by Crippen LogP contribution is 2.36. The van der Waals surface area contributed by atoms with Crippen LogP contribution in [0.25, 0.3) is 0 Å². The fourth-order valence-corrected chi connectivity index (χ4v) is 1.68. The van der Waals surface area contributed by atoms with Crippen LogP contribution in [0.1, 0.15) is 5.56 Å². The quantitative estimate of drug-likeness (QED) is 0.492. The summed E-state index contributed by atoms with van der Waals surface area (Å²) in [4.78, 5) is 22.1. The number of carbonyl (C=O) groups is 2. The van der Waals surface area contributed by atoms with Gasteiger partial charge in [-0.25, -0.2) is 14.2 Å². The lowest BCUT2D eigenvalue weighted by Gasteiger charge is -2.23. The van der Waals surface area contributed by atoms with Crippen LogP contribution in [0.15, 0.2) is 29.4 Å². The van der Waals surface area contributed by atoms with E-state index in [9.17, 15) is 35.9 Å². The maximum absolute atomic E-state index is 13.1. The summed E-state index contributed by atoms with van der Waals surface area (Å²) in [7, 11) is 0. The van der Waals surface area contributed by atoms with Crippen LogP contribution >= 0.6 is 0 Å². The number of ether oxygens (including phenoxy) is 1. The van der Waals surface area contributed by atoms with Gasteiger partial charge in [-0.05, 0) is 29.8 Å². The van der Waals surface area contributed by atoms with E-state index in [-0.39, 0.29) is 12.1 Å². The first kappa shape index (κ1) is 18.5. The monoisotopic (exact) mass is 369 g/mol. The molecule has 12 heteroatoms. The molecule has 1 fully saturated rings. The van der Waals surface area contributed by atoms with Gasteiger partial charge in [-0.15, -0.1) is 0 Å². The second kappa shape index (κ2) is 6.61. The second-order valence-corrected chi connectivity index (χ2v) is 4.79. The number of alkyl halides is 6. The molecule has 3 amide bonds. The fraction of sp³-hybridized carbons (Fsp3) is 0.308. The normalized spacial score (nSPS) is 17.1. The van der Waals surface area contributed by atoms with Crippen molar-refractivity contribution in [1.29, 1.82) is 0 Å². The van der Waals surface area contributed by atoms with Gasteiger partial charge < -0.3 is 4.74 Å². The van der Waals surface area contributed by atoms with E-state index in [1.807, 2.05) is 5.32 Å². The second-order valence-electron chi connectivity index (χ2n) is 4.79. The van der Waals surface area contributed by atoms with E-state index in [2.05, 4.69) is 9.84 Å². The molecule has 136 valence electrons. The minimum absolute atomic E-state index is 0.260. The minimum Gasteiger partial charge on any atom is -0.430 e. The van der Waals surface area contributed by atoms with Crippen LogP contribution < -0.4 is 10.1 Å². The third-order valence-electron chi connectivity index (χ3n) is 2.84. The van der Waals surface area contributed by atoms with Gasteiger partial charge in [-0.2, -0.15) is 27.1 Å². The molecule has 1 aliphatic rings. The zero-order valence-corrected chi connectivity index (χ0v) is 12.1. The van der Waals surface area contributed by atoms with Gasteiger partial charge in [0.15, 0.2) is 0 Å². The first-order valence-corrected chi connectivity index (χ1v) is 6.52. The molecule has 1 heterocycles. The molecule has 1 aliphatic heterocycles. The average Bonchev–Trinajstić information content (AvgIpc) is 2.82. The van der Waals surface area contributed by atoms with Gasteiger partial charge in [-0.3, -0.25) is 10.1 Å². The molecule has 0 spiro atoms. The molecule has 1 atom stereocenters. The Bertz CT molecular complexity index is 689. The summed E-state index contributed by atoms with van der Waals surface area (Å²) < 4.78 is 78.7. The van der Waals surface area contributed by atoms with Gasteiger partial charge >= 0.3 is 18.3 Å². The Balaban J connectivity index is 2.02. The van der Waals surface area contributed by atoms with Crippen molar-refractivity contribution in [3.63, 3.8) is 0 Å². The number of nitrogens with zero attached hydrogens (tertiary/aromatic N) is 2. The zero-order valence-electron chi connectivity index (χ0n) is 12.1. The number of hydrazone groups is 1. The zero-order chi connectivity index (χ0) is 18.8. The van der Waals surface area contributed by atoms with E-state index in [0.29, 0.717) is 0 Å². The molecular formula is C13H9F6N3O3. The van der Waals surface area contributed by atoms with Crippen LogP contribution in [0, 0.1) is 0 Å². The predicted molar refractivity (Wildman–Crippen MR) is 70.8 cm³/mol. The third kappa shape index (κ3) is 4.61. The highest BCUT2D eigenvalue weighted by atomic mass is 19.4. The van der Waals surface area contributed by atoms with Crippen LogP contribution in [0.4, 0.5) is 31.1 Å². The number of imide groups is 1. The summed E-state index contributed by atoms with van der Waals surface area (Å²) in [6.07, 6.45) is -14.2. The summed E-state index contributed by atoms with van der Waals surface area (Å²) in [5, 5.41) is 6.44. The predicted octanol–water partition coefficient (Wildman–Crippen LogP) is 2.44. The van der Waals surface area contributed by atoms with Crippen molar-refractivity contribution < 1.29 is 40.7 Å². The number of hydrogen-bond donors (Lipinski definition) is 1. The Kier molecular flexibility index (Phi) is 4.90. The van der Waals surface area contributed by atoms with Crippen molar-refractivity contribution in [3.05, 3.63) is 29.8 Å². The summed E-state index contributed by atoms with van der Waals surface area (Å²) in [5.41, 5.74) is 0.260. The molecule has 1 aromatic carbocycles. The highest BCUT2D eigenvalue weighted by molar-refractivity contribution is 6.02. The van der Waals surface area contributed by atoms with E-state index < -0.39 is 36.1 Å². The Labute approximate surface area is 136 Å². The van der Waals surface area contributed by atoms with Crippen LogP contribution in [0.5, 0.6) is 5.75 Å². The molecule has 0 radical (unpaired) electrons. The third-order valence-corrected chi connectivity index (χ3v) is 2.84. The van der Waals surface area contributed by atoms with Crippen LogP contribution in [0.3, 0.4) is 0 Å². The number of halogens is 6. The average molecular weight is 369 g/mol. The maximum atomic E-state index is 13.1. The summed E-state index contributed by atoms with van der Waals surface area (Å²) in [5.74, 6) is -1.26. The molecule has 0 unspecified atom stereocenters.